The van der Waals surface area contributed by atoms with E-state index in [0.29, 0.717) is 0 Å². The van der Waals surface area contributed by atoms with Crippen molar-refractivity contribution in [1.82, 2.24) is 0 Å². The van der Waals surface area contributed by atoms with E-state index in [2.05, 4.69) is 6.92 Å². The normalized spacial score (nSPS) is 17.6. The van der Waals surface area contributed by atoms with Crippen molar-refractivity contribution < 1.29 is 10.2 Å². The average Bonchev–Trinajstić information content (AvgIpc) is 1.88. The van der Waals surface area contributed by atoms with Crippen LogP contribution in [0.2, 0.25) is 0 Å². The maximum absolute atomic E-state index is 9.02. The van der Waals surface area contributed by atoms with Crippen molar-refractivity contribution in [2.45, 2.75) is 38.9 Å². The number of allylic oxidation sites excluding steroid dienone is 1. The van der Waals surface area contributed by atoms with E-state index in [-0.39, 0.29) is 0 Å². The Kier molecular flexibility index (Phi) is 5.26. The molecule has 0 aliphatic heterocycles. The van der Waals surface area contributed by atoms with Crippen LogP contribution in [0.25, 0.3) is 0 Å². The molecule has 0 spiro atoms. The summed E-state index contributed by atoms with van der Waals surface area (Å²) in [5, 5.41) is 17.8. The van der Waals surface area contributed by atoms with Gasteiger partial charge in [0.05, 0.1) is 12.2 Å². The van der Waals surface area contributed by atoms with Crippen LogP contribution in [0, 0.1) is 0 Å². The zero-order chi connectivity index (χ0) is 7.98. The van der Waals surface area contributed by atoms with Crippen LogP contribution < -0.4 is 0 Å². The molecule has 0 aliphatic carbocycles. The van der Waals surface area contributed by atoms with Crippen molar-refractivity contribution in [2.75, 3.05) is 0 Å². The van der Waals surface area contributed by atoms with Crippen LogP contribution in [-0.4, -0.2) is 22.4 Å². The molecule has 0 rings (SSSR count). The van der Waals surface area contributed by atoms with Gasteiger partial charge in [-0.15, -0.1) is 0 Å². The highest BCUT2D eigenvalue weighted by atomic mass is 16.3. The van der Waals surface area contributed by atoms with Gasteiger partial charge in [-0.2, -0.15) is 0 Å². The lowest BCUT2D eigenvalue weighted by atomic mass is 10.2. The molecule has 0 unspecified atom stereocenters. The van der Waals surface area contributed by atoms with Gasteiger partial charge in [-0.05, 0) is 13.3 Å². The van der Waals surface area contributed by atoms with E-state index in [1.165, 1.54) is 0 Å². The first-order chi connectivity index (χ1) is 4.68. The monoisotopic (exact) mass is 144 g/mol. The summed E-state index contributed by atoms with van der Waals surface area (Å²) in [4.78, 5) is 0. The molecule has 0 heterocycles. The molecule has 2 N–H and O–H groups in total. The summed E-state index contributed by atoms with van der Waals surface area (Å²) >= 11 is 0. The first-order valence-corrected chi connectivity index (χ1v) is 3.71. The summed E-state index contributed by atoms with van der Waals surface area (Å²) in [6, 6.07) is 0. The van der Waals surface area contributed by atoms with E-state index >= 15 is 0 Å². The number of hydrogen-bond acceptors (Lipinski definition) is 2. The van der Waals surface area contributed by atoms with Crippen molar-refractivity contribution in [3.63, 3.8) is 0 Å². The fourth-order valence-corrected chi connectivity index (χ4v) is 0.563. The Labute approximate surface area is 62.2 Å². The SMILES string of the molecule is CCC/C=C/[C@H](O)[C@H](C)O. The molecule has 0 fully saturated rings. The van der Waals surface area contributed by atoms with Gasteiger partial charge in [0, 0.05) is 0 Å². The van der Waals surface area contributed by atoms with Gasteiger partial charge in [0.15, 0.2) is 0 Å². The minimum Gasteiger partial charge on any atom is -0.390 e. The molecule has 0 amide bonds. The molecule has 0 bridgehead atoms. The van der Waals surface area contributed by atoms with E-state index in [1.807, 2.05) is 6.08 Å². The molecule has 0 radical (unpaired) electrons. The minimum absolute atomic E-state index is 0.659. The molecule has 2 nitrogen and oxygen atoms in total. The number of rotatable bonds is 4. The van der Waals surface area contributed by atoms with Gasteiger partial charge in [0.1, 0.15) is 0 Å². The predicted molar refractivity (Wildman–Crippen MR) is 41.7 cm³/mol. The highest BCUT2D eigenvalue weighted by molar-refractivity contribution is 4.90. The summed E-state index contributed by atoms with van der Waals surface area (Å²) < 4.78 is 0. The molecule has 0 aromatic rings. The second kappa shape index (κ2) is 5.45. The maximum atomic E-state index is 9.02. The van der Waals surface area contributed by atoms with Gasteiger partial charge < -0.3 is 10.2 Å². The molecule has 2 heteroatoms. The van der Waals surface area contributed by atoms with Crippen LogP contribution >= 0.6 is 0 Å². The van der Waals surface area contributed by atoms with Crippen LogP contribution in [0.15, 0.2) is 12.2 Å². The molecule has 60 valence electrons. The Morgan fingerprint density at radius 2 is 2.00 bits per heavy atom. The molecule has 0 saturated carbocycles. The van der Waals surface area contributed by atoms with E-state index in [4.69, 9.17) is 10.2 Å². The summed E-state index contributed by atoms with van der Waals surface area (Å²) in [7, 11) is 0. The number of unbranched alkanes of at least 4 members (excludes halogenated alkanes) is 1. The highest BCUT2D eigenvalue weighted by Gasteiger charge is 2.04. The lowest BCUT2D eigenvalue weighted by molar-refractivity contribution is 0.0617. The van der Waals surface area contributed by atoms with Crippen molar-refractivity contribution in [3.05, 3.63) is 12.2 Å². The number of hydrogen-bond donors (Lipinski definition) is 2. The third-order valence-corrected chi connectivity index (χ3v) is 1.28. The van der Waals surface area contributed by atoms with Crippen LogP contribution in [0.5, 0.6) is 0 Å². The molecular formula is C8H16O2. The maximum Gasteiger partial charge on any atom is 0.0977 e. The summed E-state index contributed by atoms with van der Waals surface area (Å²) in [5.74, 6) is 0. The third-order valence-electron chi connectivity index (χ3n) is 1.28. The molecule has 0 aliphatic rings. The van der Waals surface area contributed by atoms with Gasteiger partial charge in [0.25, 0.3) is 0 Å². The fraction of sp³-hybridized carbons (Fsp3) is 0.750. The van der Waals surface area contributed by atoms with E-state index in [9.17, 15) is 0 Å². The second-order valence-electron chi connectivity index (χ2n) is 2.45. The molecule has 2 atom stereocenters. The van der Waals surface area contributed by atoms with Gasteiger partial charge >= 0.3 is 0 Å². The lowest BCUT2D eigenvalue weighted by Crippen LogP contribution is -2.19. The minimum atomic E-state index is -0.702. The van der Waals surface area contributed by atoms with Crippen molar-refractivity contribution in [2.24, 2.45) is 0 Å². The van der Waals surface area contributed by atoms with Crippen LogP contribution in [-0.2, 0) is 0 Å². The van der Waals surface area contributed by atoms with Gasteiger partial charge in [-0.3, -0.25) is 0 Å². The topological polar surface area (TPSA) is 40.5 Å². The van der Waals surface area contributed by atoms with Gasteiger partial charge in [0.2, 0.25) is 0 Å². The molecular weight excluding hydrogens is 128 g/mol. The van der Waals surface area contributed by atoms with E-state index in [1.54, 1.807) is 13.0 Å². The predicted octanol–water partition coefficient (Wildman–Crippen LogP) is 1.08. The molecule has 10 heavy (non-hydrogen) atoms. The number of aliphatic hydroxyl groups excluding tert-OH is 2. The van der Waals surface area contributed by atoms with Crippen molar-refractivity contribution >= 4 is 0 Å². The zero-order valence-corrected chi connectivity index (χ0v) is 6.62. The van der Waals surface area contributed by atoms with Gasteiger partial charge in [-0.1, -0.05) is 25.5 Å². The zero-order valence-electron chi connectivity index (χ0n) is 6.62. The van der Waals surface area contributed by atoms with Crippen LogP contribution in [0.1, 0.15) is 26.7 Å². The highest BCUT2D eigenvalue weighted by Crippen LogP contribution is 1.96. The largest absolute Gasteiger partial charge is 0.390 e. The second-order valence-corrected chi connectivity index (χ2v) is 2.45. The standard InChI is InChI=1S/C8H16O2/c1-3-4-5-6-8(10)7(2)9/h5-10H,3-4H2,1-2H3/b6-5+/t7-,8-/m0/s1. The third kappa shape index (κ3) is 4.53. The Morgan fingerprint density at radius 3 is 2.40 bits per heavy atom. The molecule has 0 saturated heterocycles. The Bertz CT molecular complexity index is 97.4. The van der Waals surface area contributed by atoms with Crippen molar-refractivity contribution in [1.29, 1.82) is 0 Å². The number of aliphatic hydroxyl groups is 2. The molecule has 0 aromatic carbocycles. The van der Waals surface area contributed by atoms with Crippen LogP contribution in [0.4, 0.5) is 0 Å². The smallest absolute Gasteiger partial charge is 0.0977 e. The van der Waals surface area contributed by atoms with Gasteiger partial charge in [-0.25, -0.2) is 0 Å². The Hall–Kier alpha value is -0.340. The molecule has 0 aromatic heterocycles. The Morgan fingerprint density at radius 1 is 1.40 bits per heavy atom. The summed E-state index contributed by atoms with van der Waals surface area (Å²) in [6.07, 6.45) is 4.19. The van der Waals surface area contributed by atoms with E-state index in [0.717, 1.165) is 12.8 Å². The van der Waals surface area contributed by atoms with Crippen molar-refractivity contribution in [3.8, 4) is 0 Å². The van der Waals surface area contributed by atoms with E-state index < -0.39 is 12.2 Å². The van der Waals surface area contributed by atoms with Crippen LogP contribution in [0.3, 0.4) is 0 Å². The summed E-state index contributed by atoms with van der Waals surface area (Å²) in [5.41, 5.74) is 0. The fourth-order valence-electron chi connectivity index (χ4n) is 0.563. The lowest BCUT2D eigenvalue weighted by Gasteiger charge is -2.06. The summed E-state index contributed by atoms with van der Waals surface area (Å²) in [6.45, 7) is 3.64. The Balaban J connectivity index is 3.45. The first kappa shape index (κ1) is 9.66. The average molecular weight is 144 g/mol. The quantitative estimate of drug-likeness (QED) is 0.580. The first-order valence-electron chi connectivity index (χ1n) is 3.71.